The predicted octanol–water partition coefficient (Wildman–Crippen LogP) is 1.48. The monoisotopic (exact) mass is 295 g/mol. The smallest absolute Gasteiger partial charge is 0.238 e. The molecule has 20 heavy (non-hydrogen) atoms. The van der Waals surface area contributed by atoms with Gasteiger partial charge in [0.2, 0.25) is 10.0 Å². The van der Waals surface area contributed by atoms with Crippen LogP contribution in [0.4, 0.5) is 0 Å². The van der Waals surface area contributed by atoms with E-state index < -0.39 is 10.0 Å². The molecule has 0 spiro atoms. The fraction of sp³-hybridized carbons (Fsp3) is 0.308. The standard InChI is InChI=1S/C13H17N3O3S/c1-9-6-12(19-16-9)8-15-10(2)11-4-3-5-13(7-11)20(14,17)18/h3-7,10,15H,8H2,1-2H3,(H2,14,17,18). The summed E-state index contributed by atoms with van der Waals surface area (Å²) in [5.74, 6) is 0.733. The number of hydrogen-bond acceptors (Lipinski definition) is 5. The molecule has 0 radical (unpaired) electrons. The second kappa shape index (κ2) is 5.74. The van der Waals surface area contributed by atoms with Gasteiger partial charge < -0.3 is 9.84 Å². The van der Waals surface area contributed by atoms with Crippen molar-refractivity contribution in [2.45, 2.75) is 31.3 Å². The molecule has 2 rings (SSSR count). The Bertz CT molecular complexity index is 694. The number of sulfonamides is 1. The van der Waals surface area contributed by atoms with E-state index in [0.717, 1.165) is 17.0 Å². The minimum absolute atomic E-state index is 0.0397. The number of nitrogens with zero attached hydrogens (tertiary/aromatic N) is 1. The van der Waals surface area contributed by atoms with E-state index in [1.807, 2.05) is 26.0 Å². The molecular weight excluding hydrogens is 278 g/mol. The van der Waals surface area contributed by atoms with E-state index in [2.05, 4.69) is 10.5 Å². The molecule has 1 heterocycles. The molecule has 0 saturated heterocycles. The van der Waals surface area contributed by atoms with E-state index in [9.17, 15) is 8.42 Å². The van der Waals surface area contributed by atoms with Gasteiger partial charge in [0.1, 0.15) is 0 Å². The van der Waals surface area contributed by atoms with Crippen molar-refractivity contribution in [2.24, 2.45) is 5.14 Å². The lowest BCUT2D eigenvalue weighted by atomic mass is 10.1. The maximum absolute atomic E-state index is 11.3. The van der Waals surface area contributed by atoms with Crippen LogP contribution in [0.5, 0.6) is 0 Å². The van der Waals surface area contributed by atoms with Gasteiger partial charge in [-0.3, -0.25) is 0 Å². The SMILES string of the molecule is Cc1cc(CNC(C)c2cccc(S(N)(=O)=O)c2)on1. The Balaban J connectivity index is 2.07. The quantitative estimate of drug-likeness (QED) is 0.870. The molecule has 3 N–H and O–H groups in total. The fourth-order valence-corrected chi connectivity index (χ4v) is 2.40. The topological polar surface area (TPSA) is 98.2 Å². The number of aryl methyl sites for hydroxylation is 1. The third-order valence-electron chi connectivity index (χ3n) is 2.95. The second-order valence-corrected chi connectivity index (χ2v) is 6.22. The Morgan fingerprint density at radius 2 is 2.15 bits per heavy atom. The average molecular weight is 295 g/mol. The van der Waals surface area contributed by atoms with Gasteiger partial charge in [0.25, 0.3) is 0 Å². The number of aromatic nitrogens is 1. The van der Waals surface area contributed by atoms with Crippen molar-refractivity contribution in [3.8, 4) is 0 Å². The van der Waals surface area contributed by atoms with Crippen LogP contribution in [0.3, 0.4) is 0 Å². The molecule has 1 unspecified atom stereocenters. The summed E-state index contributed by atoms with van der Waals surface area (Å²) >= 11 is 0. The number of nitrogens with two attached hydrogens (primary N) is 1. The van der Waals surface area contributed by atoms with Crippen molar-refractivity contribution in [3.63, 3.8) is 0 Å². The van der Waals surface area contributed by atoms with Gasteiger partial charge in [-0.25, -0.2) is 13.6 Å². The van der Waals surface area contributed by atoms with E-state index in [1.54, 1.807) is 12.1 Å². The van der Waals surface area contributed by atoms with E-state index >= 15 is 0 Å². The third kappa shape index (κ3) is 3.66. The van der Waals surface area contributed by atoms with Crippen LogP contribution in [-0.2, 0) is 16.6 Å². The highest BCUT2D eigenvalue weighted by Gasteiger charge is 2.12. The largest absolute Gasteiger partial charge is 0.360 e. The lowest BCUT2D eigenvalue weighted by Gasteiger charge is -2.13. The molecule has 108 valence electrons. The fourth-order valence-electron chi connectivity index (χ4n) is 1.83. The molecule has 1 atom stereocenters. The van der Waals surface area contributed by atoms with Crippen LogP contribution in [0.2, 0.25) is 0 Å². The summed E-state index contributed by atoms with van der Waals surface area (Å²) in [6, 6.07) is 8.37. The minimum Gasteiger partial charge on any atom is -0.360 e. The molecule has 0 aliphatic rings. The number of benzene rings is 1. The molecule has 6 nitrogen and oxygen atoms in total. The second-order valence-electron chi connectivity index (χ2n) is 4.65. The van der Waals surface area contributed by atoms with Crippen molar-refractivity contribution in [3.05, 3.63) is 47.3 Å². The summed E-state index contributed by atoms with van der Waals surface area (Å²) in [5.41, 5.74) is 1.67. The van der Waals surface area contributed by atoms with Crippen molar-refractivity contribution < 1.29 is 12.9 Å². The van der Waals surface area contributed by atoms with E-state index in [1.165, 1.54) is 6.07 Å². The summed E-state index contributed by atoms with van der Waals surface area (Å²) in [5, 5.41) is 12.2. The van der Waals surface area contributed by atoms with Gasteiger partial charge >= 0.3 is 0 Å². The van der Waals surface area contributed by atoms with Gasteiger partial charge in [0.15, 0.2) is 5.76 Å². The Morgan fingerprint density at radius 3 is 2.75 bits per heavy atom. The number of primary sulfonamides is 1. The zero-order chi connectivity index (χ0) is 14.8. The van der Waals surface area contributed by atoms with Crippen molar-refractivity contribution >= 4 is 10.0 Å². The van der Waals surface area contributed by atoms with E-state index in [0.29, 0.717) is 6.54 Å². The highest BCUT2D eigenvalue weighted by molar-refractivity contribution is 7.89. The van der Waals surface area contributed by atoms with Crippen molar-refractivity contribution in [1.82, 2.24) is 10.5 Å². The molecule has 0 aliphatic carbocycles. The minimum atomic E-state index is -3.68. The van der Waals surface area contributed by atoms with Crippen LogP contribution in [0.25, 0.3) is 0 Å². The lowest BCUT2D eigenvalue weighted by molar-refractivity contribution is 0.363. The molecule has 0 aliphatic heterocycles. The zero-order valence-corrected chi connectivity index (χ0v) is 12.1. The normalized spacial score (nSPS) is 13.3. The first-order chi connectivity index (χ1) is 9.36. The first-order valence-corrected chi connectivity index (χ1v) is 7.69. The molecule has 2 aromatic rings. The lowest BCUT2D eigenvalue weighted by Crippen LogP contribution is -2.19. The molecule has 1 aromatic heterocycles. The Kier molecular flexibility index (Phi) is 4.22. The first kappa shape index (κ1) is 14.7. The summed E-state index contributed by atoms with van der Waals surface area (Å²) in [7, 11) is -3.68. The number of rotatable bonds is 5. The molecule has 7 heteroatoms. The van der Waals surface area contributed by atoms with E-state index in [-0.39, 0.29) is 10.9 Å². The third-order valence-corrected chi connectivity index (χ3v) is 3.86. The van der Waals surface area contributed by atoms with Crippen LogP contribution >= 0.6 is 0 Å². The van der Waals surface area contributed by atoms with Gasteiger partial charge in [-0.2, -0.15) is 0 Å². The zero-order valence-electron chi connectivity index (χ0n) is 11.3. The molecule has 0 amide bonds. The maximum atomic E-state index is 11.3. The van der Waals surface area contributed by atoms with Crippen molar-refractivity contribution in [1.29, 1.82) is 0 Å². The van der Waals surface area contributed by atoms with Gasteiger partial charge in [0, 0.05) is 12.1 Å². The van der Waals surface area contributed by atoms with Crippen LogP contribution in [0.15, 0.2) is 39.8 Å². The summed E-state index contributed by atoms with van der Waals surface area (Å²) in [6.07, 6.45) is 0. The average Bonchev–Trinajstić information content (AvgIpc) is 2.81. The maximum Gasteiger partial charge on any atom is 0.238 e. The van der Waals surface area contributed by atoms with Crippen LogP contribution < -0.4 is 10.5 Å². The molecule has 0 saturated carbocycles. The van der Waals surface area contributed by atoms with Gasteiger partial charge in [-0.15, -0.1) is 0 Å². The Hall–Kier alpha value is -1.70. The molecule has 1 aromatic carbocycles. The van der Waals surface area contributed by atoms with Gasteiger partial charge in [0.05, 0.1) is 17.1 Å². The number of nitrogens with one attached hydrogen (secondary N) is 1. The molecule has 0 bridgehead atoms. The van der Waals surface area contributed by atoms with Crippen LogP contribution in [-0.4, -0.2) is 13.6 Å². The Morgan fingerprint density at radius 1 is 1.40 bits per heavy atom. The highest BCUT2D eigenvalue weighted by Crippen LogP contribution is 2.17. The van der Waals surface area contributed by atoms with Crippen LogP contribution in [0, 0.1) is 6.92 Å². The summed E-state index contributed by atoms with van der Waals surface area (Å²) in [6.45, 7) is 4.30. The van der Waals surface area contributed by atoms with Gasteiger partial charge in [-0.05, 0) is 31.5 Å². The summed E-state index contributed by atoms with van der Waals surface area (Å²) < 4.78 is 27.7. The highest BCUT2D eigenvalue weighted by atomic mass is 32.2. The van der Waals surface area contributed by atoms with E-state index in [4.69, 9.17) is 9.66 Å². The Labute approximate surface area is 118 Å². The number of hydrogen-bond donors (Lipinski definition) is 2. The summed E-state index contributed by atoms with van der Waals surface area (Å²) in [4.78, 5) is 0.110. The van der Waals surface area contributed by atoms with Gasteiger partial charge in [-0.1, -0.05) is 17.3 Å². The van der Waals surface area contributed by atoms with Crippen molar-refractivity contribution in [2.75, 3.05) is 0 Å². The first-order valence-electron chi connectivity index (χ1n) is 6.14. The molecule has 0 fully saturated rings. The predicted molar refractivity (Wildman–Crippen MR) is 74.3 cm³/mol. The molecular formula is C13H17N3O3S. The van der Waals surface area contributed by atoms with Crippen LogP contribution in [0.1, 0.15) is 30.0 Å².